The summed E-state index contributed by atoms with van der Waals surface area (Å²) in [4.78, 5) is 0. The van der Waals surface area contributed by atoms with Crippen LogP contribution < -0.4 is 0 Å². The predicted octanol–water partition coefficient (Wildman–Crippen LogP) is 2.76. The van der Waals surface area contributed by atoms with E-state index in [1.54, 1.807) is 0 Å². The van der Waals surface area contributed by atoms with Gasteiger partial charge in [-0.3, -0.25) is 4.68 Å². The normalized spacial score (nSPS) is 19.2. The fourth-order valence-electron chi connectivity index (χ4n) is 2.55. The van der Waals surface area contributed by atoms with Gasteiger partial charge in [0.1, 0.15) is 0 Å². The van der Waals surface area contributed by atoms with E-state index in [2.05, 4.69) is 5.10 Å². The number of ether oxygens (including phenoxy) is 2. The number of nitrogens with zero attached hydrogens (tertiary/aromatic N) is 2. The lowest BCUT2D eigenvalue weighted by atomic mass is 10.1. The van der Waals surface area contributed by atoms with E-state index in [9.17, 15) is 13.2 Å². The molecule has 2 rings (SSSR count). The van der Waals surface area contributed by atoms with E-state index in [4.69, 9.17) is 14.6 Å². The van der Waals surface area contributed by atoms with Crippen LogP contribution in [0, 0.1) is 0 Å². The number of halogens is 3. The van der Waals surface area contributed by atoms with Crippen LogP contribution in [0.3, 0.4) is 0 Å². The fraction of sp³-hybridized carbons (Fsp3) is 0.800. The smallest absolute Gasteiger partial charge is 0.396 e. The SMILES string of the molecule is OCCCc1cn(CCCO[C@H]2CCCCO2)nc1C(F)(F)F. The van der Waals surface area contributed by atoms with E-state index < -0.39 is 11.9 Å². The largest absolute Gasteiger partial charge is 0.435 e. The quantitative estimate of drug-likeness (QED) is 0.742. The van der Waals surface area contributed by atoms with Crippen LogP contribution in [0.1, 0.15) is 43.4 Å². The van der Waals surface area contributed by atoms with Crippen molar-refractivity contribution in [1.82, 2.24) is 9.78 Å². The van der Waals surface area contributed by atoms with Crippen LogP contribution >= 0.6 is 0 Å². The van der Waals surface area contributed by atoms with Gasteiger partial charge in [-0.1, -0.05) is 0 Å². The minimum atomic E-state index is -4.47. The first-order valence-electron chi connectivity index (χ1n) is 7.98. The summed E-state index contributed by atoms with van der Waals surface area (Å²) in [7, 11) is 0. The van der Waals surface area contributed by atoms with Gasteiger partial charge in [-0.15, -0.1) is 0 Å². The van der Waals surface area contributed by atoms with Gasteiger partial charge in [-0.2, -0.15) is 18.3 Å². The molecule has 0 spiro atoms. The van der Waals surface area contributed by atoms with Crippen molar-refractivity contribution in [1.29, 1.82) is 0 Å². The molecule has 0 aliphatic carbocycles. The summed E-state index contributed by atoms with van der Waals surface area (Å²) in [6, 6.07) is 0. The minimum absolute atomic E-state index is 0.128. The lowest BCUT2D eigenvalue weighted by Gasteiger charge is -2.22. The molecule has 1 aliphatic heterocycles. The van der Waals surface area contributed by atoms with Gasteiger partial charge in [0.25, 0.3) is 0 Å². The average Bonchev–Trinajstić information content (AvgIpc) is 2.94. The first-order valence-corrected chi connectivity index (χ1v) is 7.98. The van der Waals surface area contributed by atoms with E-state index in [-0.39, 0.29) is 31.3 Å². The second-order valence-corrected chi connectivity index (χ2v) is 5.61. The summed E-state index contributed by atoms with van der Waals surface area (Å²) in [5, 5.41) is 12.4. The van der Waals surface area contributed by atoms with Crippen LogP contribution in [0.4, 0.5) is 13.2 Å². The molecular formula is C15H23F3N2O3. The maximum absolute atomic E-state index is 12.9. The van der Waals surface area contributed by atoms with Crippen molar-refractivity contribution in [3.63, 3.8) is 0 Å². The molecule has 5 nitrogen and oxygen atoms in total. The maximum Gasteiger partial charge on any atom is 0.435 e. The molecule has 23 heavy (non-hydrogen) atoms. The Labute approximate surface area is 133 Å². The molecule has 0 saturated carbocycles. The summed E-state index contributed by atoms with van der Waals surface area (Å²) < 4.78 is 51.1. The van der Waals surface area contributed by atoms with Gasteiger partial charge < -0.3 is 14.6 Å². The number of alkyl halides is 3. The van der Waals surface area contributed by atoms with Crippen molar-refractivity contribution in [2.24, 2.45) is 0 Å². The molecule has 0 aromatic carbocycles. The summed E-state index contributed by atoms with van der Waals surface area (Å²) in [5.41, 5.74) is -0.731. The van der Waals surface area contributed by atoms with Gasteiger partial charge >= 0.3 is 6.18 Å². The van der Waals surface area contributed by atoms with Crippen molar-refractivity contribution in [3.05, 3.63) is 17.5 Å². The fourth-order valence-corrected chi connectivity index (χ4v) is 2.55. The van der Waals surface area contributed by atoms with Crippen LogP contribution in [0.25, 0.3) is 0 Å². The zero-order chi connectivity index (χ0) is 16.7. The first kappa shape index (κ1) is 18.2. The lowest BCUT2D eigenvalue weighted by molar-refractivity contribution is -0.163. The Hall–Kier alpha value is -1.12. The number of aryl methyl sites for hydroxylation is 2. The zero-order valence-corrected chi connectivity index (χ0v) is 13.0. The molecule has 0 bridgehead atoms. The minimum Gasteiger partial charge on any atom is -0.396 e. The average molecular weight is 336 g/mol. The van der Waals surface area contributed by atoms with Crippen LogP contribution in [-0.2, 0) is 28.6 Å². The molecule has 0 amide bonds. The summed E-state index contributed by atoms with van der Waals surface area (Å²) in [6.07, 6.45) is 0.764. The summed E-state index contributed by atoms with van der Waals surface area (Å²) >= 11 is 0. The second-order valence-electron chi connectivity index (χ2n) is 5.61. The Morgan fingerprint density at radius 2 is 2.17 bits per heavy atom. The molecule has 1 atom stereocenters. The highest BCUT2D eigenvalue weighted by atomic mass is 19.4. The molecule has 0 unspecified atom stereocenters. The number of aliphatic hydroxyl groups excluding tert-OH is 1. The van der Waals surface area contributed by atoms with Crippen LogP contribution in [0.5, 0.6) is 0 Å². The third kappa shape index (κ3) is 5.78. The summed E-state index contributed by atoms with van der Waals surface area (Å²) in [5.74, 6) is 0. The van der Waals surface area contributed by atoms with Crippen LogP contribution in [0.15, 0.2) is 6.20 Å². The van der Waals surface area contributed by atoms with E-state index in [1.165, 1.54) is 10.9 Å². The number of rotatable bonds is 8. The second kappa shape index (κ2) is 8.65. The molecular weight excluding hydrogens is 313 g/mol. The zero-order valence-electron chi connectivity index (χ0n) is 13.0. The number of aliphatic hydroxyl groups is 1. The van der Waals surface area contributed by atoms with Crippen molar-refractivity contribution in [3.8, 4) is 0 Å². The van der Waals surface area contributed by atoms with Gasteiger partial charge in [0.2, 0.25) is 0 Å². The van der Waals surface area contributed by atoms with Gasteiger partial charge in [0.15, 0.2) is 12.0 Å². The molecule has 1 saturated heterocycles. The van der Waals surface area contributed by atoms with Crippen molar-refractivity contribution >= 4 is 0 Å². The number of hydrogen-bond acceptors (Lipinski definition) is 4. The molecule has 1 aliphatic rings. The highest BCUT2D eigenvalue weighted by Crippen LogP contribution is 2.31. The van der Waals surface area contributed by atoms with Gasteiger partial charge in [-0.25, -0.2) is 0 Å². The van der Waals surface area contributed by atoms with E-state index in [0.29, 0.717) is 26.2 Å². The molecule has 1 aromatic rings. The Bertz CT molecular complexity index is 471. The van der Waals surface area contributed by atoms with Crippen LogP contribution in [-0.4, -0.2) is 41.0 Å². The van der Waals surface area contributed by atoms with E-state index >= 15 is 0 Å². The molecule has 2 heterocycles. The topological polar surface area (TPSA) is 56.5 Å². The Balaban J connectivity index is 1.83. The molecule has 1 aromatic heterocycles. The Morgan fingerprint density at radius 3 is 2.83 bits per heavy atom. The predicted molar refractivity (Wildman–Crippen MR) is 76.8 cm³/mol. The van der Waals surface area contributed by atoms with Crippen molar-refractivity contribution < 1.29 is 27.8 Å². The van der Waals surface area contributed by atoms with Crippen molar-refractivity contribution in [2.45, 2.75) is 57.5 Å². The number of aromatic nitrogens is 2. The van der Waals surface area contributed by atoms with E-state index in [1.807, 2.05) is 0 Å². The van der Waals surface area contributed by atoms with Crippen molar-refractivity contribution in [2.75, 3.05) is 19.8 Å². The van der Waals surface area contributed by atoms with Gasteiger partial charge in [-0.05, 0) is 38.5 Å². The highest BCUT2D eigenvalue weighted by Gasteiger charge is 2.36. The molecule has 132 valence electrons. The van der Waals surface area contributed by atoms with Gasteiger partial charge in [0, 0.05) is 31.5 Å². The van der Waals surface area contributed by atoms with Gasteiger partial charge in [0.05, 0.1) is 6.61 Å². The standard InChI is InChI=1S/C15H23F3N2O3/c16-15(17,18)14-12(5-3-8-21)11-20(19-14)7-4-10-23-13-6-1-2-9-22-13/h11,13,21H,1-10H2/t13-/m0/s1. The Morgan fingerprint density at radius 1 is 1.35 bits per heavy atom. The molecule has 0 radical (unpaired) electrons. The molecule has 8 heteroatoms. The molecule has 1 fully saturated rings. The maximum atomic E-state index is 12.9. The molecule has 1 N–H and O–H groups in total. The Kier molecular flexibility index (Phi) is 6.86. The highest BCUT2D eigenvalue weighted by molar-refractivity contribution is 5.20. The third-order valence-corrected chi connectivity index (χ3v) is 3.68. The lowest BCUT2D eigenvalue weighted by Crippen LogP contribution is -2.23. The monoisotopic (exact) mass is 336 g/mol. The van der Waals surface area contributed by atoms with E-state index in [0.717, 1.165) is 19.3 Å². The summed E-state index contributed by atoms with van der Waals surface area (Å²) in [6.45, 7) is 1.34. The number of hydrogen-bond donors (Lipinski definition) is 1. The third-order valence-electron chi connectivity index (χ3n) is 3.68. The first-order chi connectivity index (χ1) is 11.0. The van der Waals surface area contributed by atoms with Crippen LogP contribution in [0.2, 0.25) is 0 Å².